The summed E-state index contributed by atoms with van der Waals surface area (Å²) in [6.07, 6.45) is 4.52. The molecule has 0 spiro atoms. The largest absolute Gasteiger partial charge is 0.369 e. The van der Waals surface area contributed by atoms with Gasteiger partial charge in [-0.25, -0.2) is 9.37 Å². The highest BCUT2D eigenvalue weighted by atomic mass is 32.1. The van der Waals surface area contributed by atoms with Gasteiger partial charge in [0.05, 0.1) is 24.2 Å². The molecule has 9 nitrogen and oxygen atoms in total. The first-order valence-corrected chi connectivity index (χ1v) is 11.9. The minimum Gasteiger partial charge on any atom is -0.369 e. The summed E-state index contributed by atoms with van der Waals surface area (Å²) in [4.78, 5) is 4.64. The second kappa shape index (κ2) is 8.89. The molecule has 32 heavy (non-hydrogen) atoms. The van der Waals surface area contributed by atoms with Crippen molar-refractivity contribution in [2.24, 2.45) is 12.8 Å². The maximum Gasteiger partial charge on any atom is 0.169 e. The molecule has 0 radical (unpaired) electrons. The van der Waals surface area contributed by atoms with E-state index in [9.17, 15) is 9.50 Å². The first kappa shape index (κ1) is 21.5. The van der Waals surface area contributed by atoms with Gasteiger partial charge in [0.15, 0.2) is 6.23 Å². The molecule has 0 bridgehead atoms. The molecule has 11 heteroatoms. The molecular formula is C21H28FN7O2S. The first-order chi connectivity index (χ1) is 15.5. The lowest BCUT2D eigenvalue weighted by atomic mass is 9.96. The highest BCUT2D eigenvalue weighted by Gasteiger charge is 2.30. The molecule has 1 unspecified atom stereocenters. The fourth-order valence-corrected chi connectivity index (χ4v) is 5.35. The molecule has 5 N–H and O–H groups in total. The third kappa shape index (κ3) is 4.05. The van der Waals surface area contributed by atoms with Crippen molar-refractivity contribution in [1.29, 1.82) is 0 Å². The Morgan fingerprint density at radius 2 is 2.22 bits per heavy atom. The van der Waals surface area contributed by atoms with E-state index in [2.05, 4.69) is 25.6 Å². The number of anilines is 1. The standard InChI is InChI=1S/C21H28FN7O2S/c1-29-19(17-7-6-13(23)12(22)9-31-17)15(8-24-29)25-20(30)16-10-32-21(26-16)18-11-4-2-3-5-14(11)27-28-18/h8,10,12-13,17,20,25,30H,2-7,9,23H2,1H3,(H,27,28)/t12-,13-,17+,20?/m1/s1. The van der Waals surface area contributed by atoms with Crippen molar-refractivity contribution >= 4 is 17.0 Å². The van der Waals surface area contributed by atoms with Gasteiger partial charge in [0.25, 0.3) is 0 Å². The molecule has 3 aromatic heterocycles. The first-order valence-electron chi connectivity index (χ1n) is 11.0. The molecule has 4 atom stereocenters. The molecule has 0 amide bonds. The van der Waals surface area contributed by atoms with Gasteiger partial charge in [-0.05, 0) is 38.5 Å². The molecule has 0 aromatic carbocycles. The monoisotopic (exact) mass is 461 g/mol. The smallest absolute Gasteiger partial charge is 0.169 e. The summed E-state index contributed by atoms with van der Waals surface area (Å²) < 4.78 is 21.4. The Labute approximate surface area is 189 Å². The average Bonchev–Trinajstić information content (AvgIpc) is 3.50. The molecule has 1 aliphatic carbocycles. The van der Waals surface area contributed by atoms with E-state index < -0.39 is 18.4 Å². The fourth-order valence-electron chi connectivity index (χ4n) is 4.49. The minimum atomic E-state index is -1.18. The number of halogens is 1. The van der Waals surface area contributed by atoms with E-state index in [4.69, 9.17) is 10.5 Å². The van der Waals surface area contributed by atoms with E-state index in [0.717, 1.165) is 35.7 Å². The number of alkyl halides is 1. The molecule has 1 aliphatic heterocycles. The van der Waals surface area contributed by atoms with Gasteiger partial charge in [0.2, 0.25) is 0 Å². The van der Waals surface area contributed by atoms with Crippen LogP contribution >= 0.6 is 11.3 Å². The predicted molar refractivity (Wildman–Crippen MR) is 119 cm³/mol. The van der Waals surface area contributed by atoms with Crippen LogP contribution in [0.15, 0.2) is 11.6 Å². The van der Waals surface area contributed by atoms with Gasteiger partial charge < -0.3 is 20.9 Å². The van der Waals surface area contributed by atoms with Crippen LogP contribution in [0.3, 0.4) is 0 Å². The van der Waals surface area contributed by atoms with Gasteiger partial charge in [-0.3, -0.25) is 9.78 Å². The lowest BCUT2D eigenvalue weighted by Crippen LogP contribution is -2.32. The van der Waals surface area contributed by atoms with E-state index in [1.807, 2.05) is 5.38 Å². The van der Waals surface area contributed by atoms with Crippen molar-refractivity contribution in [3.8, 4) is 10.7 Å². The van der Waals surface area contributed by atoms with Gasteiger partial charge in [-0.2, -0.15) is 10.2 Å². The minimum absolute atomic E-state index is 0.0531. The molecule has 4 heterocycles. The van der Waals surface area contributed by atoms with Gasteiger partial charge in [0, 0.05) is 29.7 Å². The normalized spacial score (nSPS) is 24.7. The van der Waals surface area contributed by atoms with Crippen LogP contribution in [0.4, 0.5) is 10.1 Å². The predicted octanol–water partition coefficient (Wildman–Crippen LogP) is 2.77. The maximum absolute atomic E-state index is 14.0. The Balaban J connectivity index is 1.33. The van der Waals surface area contributed by atoms with Gasteiger partial charge in [0.1, 0.15) is 28.7 Å². The Kier molecular flexibility index (Phi) is 5.97. The van der Waals surface area contributed by atoms with Crippen LogP contribution < -0.4 is 11.1 Å². The second-order valence-corrected chi connectivity index (χ2v) is 9.37. The number of H-pyrrole nitrogens is 1. The van der Waals surface area contributed by atoms with E-state index >= 15 is 0 Å². The summed E-state index contributed by atoms with van der Waals surface area (Å²) >= 11 is 1.46. The molecule has 5 rings (SSSR count). The average molecular weight is 462 g/mol. The number of rotatable bonds is 5. The molecule has 2 aliphatic rings. The zero-order valence-corrected chi connectivity index (χ0v) is 18.7. The molecule has 1 fully saturated rings. The van der Waals surface area contributed by atoms with Gasteiger partial charge >= 0.3 is 0 Å². The summed E-state index contributed by atoms with van der Waals surface area (Å²) in [6, 6.07) is -0.531. The number of aryl methyl sites for hydroxylation is 2. The summed E-state index contributed by atoms with van der Waals surface area (Å²) in [7, 11) is 1.80. The third-order valence-electron chi connectivity index (χ3n) is 6.33. The van der Waals surface area contributed by atoms with Crippen LogP contribution in [0.2, 0.25) is 0 Å². The number of thiazole rings is 1. The van der Waals surface area contributed by atoms with Crippen molar-refractivity contribution in [1.82, 2.24) is 25.0 Å². The zero-order chi connectivity index (χ0) is 22.2. The van der Waals surface area contributed by atoms with E-state index in [1.54, 1.807) is 17.9 Å². The highest BCUT2D eigenvalue weighted by Crippen LogP contribution is 2.35. The van der Waals surface area contributed by atoms with E-state index in [-0.39, 0.29) is 12.7 Å². The molecule has 1 saturated heterocycles. The number of aliphatic hydroxyl groups is 1. The Morgan fingerprint density at radius 3 is 3.09 bits per heavy atom. The number of ether oxygens (including phenoxy) is 1. The number of fused-ring (bicyclic) bond motifs is 1. The summed E-state index contributed by atoms with van der Waals surface area (Å²) in [5.74, 6) is 0. The van der Waals surface area contributed by atoms with Gasteiger partial charge in [-0.15, -0.1) is 11.3 Å². The number of aliphatic hydroxyl groups excluding tert-OH is 1. The van der Waals surface area contributed by atoms with Crippen LogP contribution in [0.5, 0.6) is 0 Å². The Bertz CT molecular complexity index is 1070. The number of nitrogens with one attached hydrogen (secondary N) is 2. The Hall–Kier alpha value is -2.34. The van der Waals surface area contributed by atoms with Gasteiger partial charge in [-0.1, -0.05) is 0 Å². The second-order valence-electron chi connectivity index (χ2n) is 8.51. The van der Waals surface area contributed by atoms with Crippen molar-refractivity contribution in [3.05, 3.63) is 34.2 Å². The van der Waals surface area contributed by atoms with Crippen LogP contribution in [0.1, 0.15) is 60.7 Å². The SMILES string of the molecule is Cn1ncc(NC(O)c2csc(-c3n[nH]c4c3CCCC4)n2)c1[C@@H]1CC[C@@H](N)[C@H](F)CO1. The number of nitrogens with two attached hydrogens (primary N) is 1. The molecule has 172 valence electrons. The fraction of sp³-hybridized carbons (Fsp3) is 0.571. The highest BCUT2D eigenvalue weighted by molar-refractivity contribution is 7.13. The number of nitrogens with zero attached hydrogens (tertiary/aromatic N) is 4. The zero-order valence-electron chi connectivity index (χ0n) is 17.9. The van der Waals surface area contributed by atoms with Crippen LogP contribution in [-0.2, 0) is 24.6 Å². The third-order valence-corrected chi connectivity index (χ3v) is 7.19. The number of aromatic nitrogens is 5. The quantitative estimate of drug-likeness (QED) is 0.430. The van der Waals surface area contributed by atoms with Crippen molar-refractivity contribution in [3.63, 3.8) is 0 Å². The number of hydrogen-bond donors (Lipinski definition) is 4. The topological polar surface area (TPSA) is 127 Å². The van der Waals surface area contributed by atoms with Crippen molar-refractivity contribution in [2.45, 2.75) is 63.1 Å². The van der Waals surface area contributed by atoms with Crippen LogP contribution in [-0.4, -0.2) is 48.9 Å². The lowest BCUT2D eigenvalue weighted by molar-refractivity contribution is 0.0246. The Morgan fingerprint density at radius 1 is 1.38 bits per heavy atom. The summed E-state index contributed by atoms with van der Waals surface area (Å²) in [5.41, 5.74) is 11.1. The van der Waals surface area contributed by atoms with E-state index in [1.165, 1.54) is 29.0 Å². The summed E-state index contributed by atoms with van der Waals surface area (Å²) in [6.45, 7) is -0.0531. The van der Waals surface area contributed by atoms with Crippen LogP contribution in [0, 0.1) is 0 Å². The lowest BCUT2D eigenvalue weighted by Gasteiger charge is -2.19. The molecule has 0 saturated carbocycles. The van der Waals surface area contributed by atoms with E-state index in [0.29, 0.717) is 24.2 Å². The van der Waals surface area contributed by atoms with Crippen LogP contribution in [0.25, 0.3) is 10.7 Å². The van der Waals surface area contributed by atoms with Crippen molar-refractivity contribution < 1.29 is 14.2 Å². The maximum atomic E-state index is 14.0. The van der Waals surface area contributed by atoms with Crippen molar-refractivity contribution in [2.75, 3.05) is 11.9 Å². The summed E-state index contributed by atoms with van der Waals surface area (Å²) in [5, 5.41) is 28.5. The number of aromatic amines is 1. The molecule has 3 aromatic rings. The molecular weight excluding hydrogens is 433 g/mol. The number of hydrogen-bond acceptors (Lipinski definition) is 8.